The van der Waals surface area contributed by atoms with Crippen molar-refractivity contribution in [3.63, 3.8) is 0 Å². The summed E-state index contributed by atoms with van der Waals surface area (Å²) in [6, 6.07) is 1.96. The van der Waals surface area contributed by atoms with Gasteiger partial charge in [-0.05, 0) is 42.1 Å². The number of rotatable bonds is 9. The van der Waals surface area contributed by atoms with Crippen molar-refractivity contribution in [2.24, 2.45) is 23.2 Å². The minimum Gasteiger partial charge on any atom is -0.489 e. The van der Waals surface area contributed by atoms with Gasteiger partial charge in [0.05, 0.1) is 24.7 Å². The van der Waals surface area contributed by atoms with E-state index in [1.807, 2.05) is 0 Å². The number of ether oxygens (including phenoxy) is 1. The second-order valence-corrected chi connectivity index (χ2v) is 10.3. The van der Waals surface area contributed by atoms with Crippen LogP contribution in [0.3, 0.4) is 0 Å². The number of aromatic nitrogens is 3. The maximum Gasteiger partial charge on any atom is 0.288 e. The highest BCUT2D eigenvalue weighted by Gasteiger charge is 2.56. The maximum absolute atomic E-state index is 12.8. The molecule has 0 aliphatic heterocycles. The molecule has 9 nitrogen and oxygen atoms in total. The van der Waals surface area contributed by atoms with E-state index in [0.29, 0.717) is 40.2 Å². The van der Waals surface area contributed by atoms with Crippen LogP contribution in [0.5, 0.6) is 5.75 Å². The van der Waals surface area contributed by atoms with Gasteiger partial charge >= 0.3 is 0 Å². The van der Waals surface area contributed by atoms with E-state index in [1.165, 1.54) is 18.8 Å². The van der Waals surface area contributed by atoms with Crippen LogP contribution in [0.25, 0.3) is 0 Å². The minimum absolute atomic E-state index is 0.0438. The van der Waals surface area contributed by atoms with Gasteiger partial charge in [-0.2, -0.15) is 5.10 Å². The summed E-state index contributed by atoms with van der Waals surface area (Å²) in [6.45, 7) is 6.88. The molecule has 4 atom stereocenters. The van der Waals surface area contributed by atoms with Gasteiger partial charge < -0.3 is 20.5 Å². The van der Waals surface area contributed by atoms with E-state index in [0.717, 1.165) is 11.1 Å². The summed E-state index contributed by atoms with van der Waals surface area (Å²) >= 11 is 6.38. The number of hydrogen-bond acceptors (Lipinski definition) is 7. The van der Waals surface area contributed by atoms with E-state index in [-0.39, 0.29) is 43.3 Å². The fraction of sp³-hybridized carbons (Fsp3) is 0.583. The molecule has 1 amide bonds. The quantitative estimate of drug-likeness (QED) is 0.495. The number of aliphatic hydroxyl groups excluding tert-OH is 1. The molecule has 2 aromatic rings. The van der Waals surface area contributed by atoms with Gasteiger partial charge in [0.25, 0.3) is 5.56 Å². The number of aliphatic hydroxyl groups is 1. The molecule has 5 rings (SSSR count). The maximum atomic E-state index is 12.8. The van der Waals surface area contributed by atoms with Crippen molar-refractivity contribution < 1.29 is 14.6 Å². The van der Waals surface area contributed by atoms with Crippen molar-refractivity contribution in [2.45, 2.75) is 52.7 Å². The smallest absolute Gasteiger partial charge is 0.288 e. The Balaban J connectivity index is 1.36. The molecule has 3 N–H and O–H groups in total. The topological polar surface area (TPSA) is 118 Å². The lowest BCUT2D eigenvalue weighted by Crippen LogP contribution is -2.58. The number of halogens is 1. The molecule has 3 fully saturated rings. The Morgan fingerprint density at radius 1 is 1.35 bits per heavy atom. The summed E-state index contributed by atoms with van der Waals surface area (Å²) in [7, 11) is 0. The first-order chi connectivity index (χ1) is 16.2. The highest BCUT2D eigenvalue weighted by atomic mass is 35.5. The van der Waals surface area contributed by atoms with Gasteiger partial charge in [0.15, 0.2) is 0 Å². The van der Waals surface area contributed by atoms with Crippen LogP contribution in [0, 0.1) is 23.2 Å². The van der Waals surface area contributed by atoms with E-state index in [9.17, 15) is 9.59 Å². The molecule has 0 radical (unpaired) electrons. The molecular formula is C24H32ClN5O4. The molecule has 0 spiro atoms. The summed E-state index contributed by atoms with van der Waals surface area (Å²) in [5, 5.41) is 19.3. The van der Waals surface area contributed by atoms with E-state index in [2.05, 4.69) is 41.5 Å². The first kappa shape index (κ1) is 24.5. The van der Waals surface area contributed by atoms with Crippen LogP contribution in [0.4, 0.5) is 5.69 Å². The zero-order chi connectivity index (χ0) is 24.5. The van der Waals surface area contributed by atoms with Crippen molar-refractivity contribution >= 4 is 23.2 Å². The van der Waals surface area contributed by atoms with Crippen molar-refractivity contribution in [1.82, 2.24) is 20.1 Å². The Hall–Kier alpha value is -2.65. The highest BCUT2D eigenvalue weighted by molar-refractivity contribution is 6.32. The largest absolute Gasteiger partial charge is 0.489 e. The van der Waals surface area contributed by atoms with Crippen molar-refractivity contribution in [1.29, 1.82) is 0 Å². The molecule has 2 aromatic heterocycles. The molecular weight excluding hydrogens is 458 g/mol. The molecule has 34 heavy (non-hydrogen) atoms. The number of nitrogens with zero attached hydrogens (tertiary/aromatic N) is 3. The molecule has 0 aromatic carbocycles. The van der Waals surface area contributed by atoms with Crippen LogP contribution in [0.2, 0.25) is 5.02 Å². The fourth-order valence-corrected chi connectivity index (χ4v) is 5.65. The van der Waals surface area contributed by atoms with Crippen LogP contribution in [-0.4, -0.2) is 45.0 Å². The van der Waals surface area contributed by atoms with Gasteiger partial charge in [-0.25, -0.2) is 4.68 Å². The average Bonchev–Trinajstić information content (AvgIpc) is 2.82. The molecule has 10 heteroatoms. The second kappa shape index (κ2) is 9.92. The normalized spacial score (nSPS) is 24.7. The number of carbonyl (C=O) groups excluding carboxylic acids is 1. The highest BCUT2D eigenvalue weighted by Crippen LogP contribution is 2.61. The Morgan fingerprint density at radius 3 is 2.85 bits per heavy atom. The van der Waals surface area contributed by atoms with E-state index >= 15 is 0 Å². The average molecular weight is 490 g/mol. The first-order valence-electron chi connectivity index (χ1n) is 11.7. The van der Waals surface area contributed by atoms with Gasteiger partial charge in [-0.15, -0.1) is 0 Å². The number of carbonyl (C=O) groups is 1. The number of pyridine rings is 1. The molecule has 2 bridgehead atoms. The number of anilines is 1. The zero-order valence-electron chi connectivity index (χ0n) is 19.8. The number of hydrogen-bond donors (Lipinski definition) is 3. The van der Waals surface area contributed by atoms with Crippen LogP contribution in [0.15, 0.2) is 29.5 Å². The summed E-state index contributed by atoms with van der Waals surface area (Å²) in [6.07, 6.45) is 6.95. The van der Waals surface area contributed by atoms with E-state index < -0.39 is 5.56 Å². The Kier molecular flexibility index (Phi) is 7.14. The van der Waals surface area contributed by atoms with Gasteiger partial charge in [0, 0.05) is 24.3 Å². The molecule has 3 aliphatic rings. The van der Waals surface area contributed by atoms with Crippen molar-refractivity contribution in [3.05, 3.63) is 45.6 Å². The summed E-state index contributed by atoms with van der Waals surface area (Å²) in [5.74, 6) is 1.90. The molecule has 184 valence electrons. The van der Waals surface area contributed by atoms with Gasteiger partial charge in [-0.3, -0.25) is 14.6 Å². The third-order valence-electron chi connectivity index (χ3n) is 7.67. The van der Waals surface area contributed by atoms with Gasteiger partial charge in [-0.1, -0.05) is 32.4 Å². The van der Waals surface area contributed by atoms with Gasteiger partial charge in [0.1, 0.15) is 23.9 Å². The molecule has 2 heterocycles. The standard InChI is InChI=1S/C24H32ClN5O4/c1-14-17-8-16(24(17,2)3)9-18(14)29-19-11-28-30(23(33)22(19)25)13-21(32)27-10-15-4-5-26-12-20(15)34-7-6-31/h4-5,11-12,14,16-18,29,31H,6-10,13H2,1-3H3,(H,27,32)/t14-,16-,17+,18-/m1/s1. The molecule has 3 saturated carbocycles. The fourth-order valence-electron chi connectivity index (χ4n) is 5.44. The van der Waals surface area contributed by atoms with Crippen molar-refractivity contribution in [3.8, 4) is 5.75 Å². The predicted molar refractivity (Wildman–Crippen MR) is 129 cm³/mol. The Morgan fingerprint density at radius 2 is 2.15 bits per heavy atom. The monoisotopic (exact) mass is 489 g/mol. The molecule has 0 unspecified atom stereocenters. The van der Waals surface area contributed by atoms with Crippen LogP contribution < -0.4 is 20.9 Å². The first-order valence-corrected chi connectivity index (χ1v) is 12.1. The Bertz CT molecular complexity index is 1110. The molecule has 3 aliphatic carbocycles. The number of nitrogens with one attached hydrogen (secondary N) is 2. The number of amides is 1. The summed E-state index contributed by atoms with van der Waals surface area (Å²) < 4.78 is 6.48. The molecule has 0 saturated heterocycles. The van der Waals surface area contributed by atoms with Crippen LogP contribution in [-0.2, 0) is 17.9 Å². The van der Waals surface area contributed by atoms with Crippen LogP contribution >= 0.6 is 11.6 Å². The Labute approximate surface area is 203 Å². The lowest BCUT2D eigenvalue weighted by molar-refractivity contribution is -0.122. The summed E-state index contributed by atoms with van der Waals surface area (Å²) in [5.41, 5.74) is 1.09. The third-order valence-corrected chi connectivity index (χ3v) is 8.03. The number of fused-ring (bicyclic) bond motifs is 2. The van der Waals surface area contributed by atoms with Gasteiger partial charge in [0.2, 0.25) is 5.91 Å². The lowest BCUT2D eigenvalue weighted by Gasteiger charge is -2.62. The predicted octanol–water partition coefficient (Wildman–Crippen LogP) is 2.46. The lowest BCUT2D eigenvalue weighted by atomic mass is 9.45. The third kappa shape index (κ3) is 4.77. The summed E-state index contributed by atoms with van der Waals surface area (Å²) in [4.78, 5) is 29.2. The zero-order valence-corrected chi connectivity index (χ0v) is 20.5. The SMILES string of the molecule is C[C@H]1[C@H](Nc2cnn(CC(=O)NCc3ccncc3OCCO)c(=O)c2Cl)C[C@H]2C[C@@H]1C2(C)C. The minimum atomic E-state index is -0.508. The van der Waals surface area contributed by atoms with E-state index in [4.69, 9.17) is 21.4 Å². The van der Waals surface area contributed by atoms with Crippen LogP contribution in [0.1, 0.15) is 39.2 Å². The second-order valence-electron chi connectivity index (χ2n) is 9.87. The van der Waals surface area contributed by atoms with E-state index in [1.54, 1.807) is 12.3 Å². The van der Waals surface area contributed by atoms with Crippen molar-refractivity contribution in [2.75, 3.05) is 18.5 Å².